The second kappa shape index (κ2) is 6.38. The van der Waals surface area contributed by atoms with E-state index in [0.29, 0.717) is 24.0 Å². The number of rotatable bonds is 4. The molecule has 0 aromatic heterocycles. The topological polar surface area (TPSA) is 43.4 Å². The molecule has 94 valence electrons. The monoisotopic (exact) mass is 236 g/mol. The fourth-order valence-electron chi connectivity index (χ4n) is 1.79. The number of hydrogen-bond acceptors (Lipinski definition) is 3. The lowest BCUT2D eigenvalue weighted by molar-refractivity contribution is -0.144. The molecule has 1 fully saturated rings. The summed E-state index contributed by atoms with van der Waals surface area (Å²) in [6, 6.07) is 0. The van der Waals surface area contributed by atoms with E-state index in [1.807, 2.05) is 26.0 Å². The van der Waals surface area contributed by atoms with Gasteiger partial charge in [0.2, 0.25) is 0 Å². The van der Waals surface area contributed by atoms with Crippen LogP contribution in [0.2, 0.25) is 0 Å². The molecule has 3 heteroatoms. The van der Waals surface area contributed by atoms with Crippen molar-refractivity contribution in [2.75, 3.05) is 6.61 Å². The van der Waals surface area contributed by atoms with Crippen LogP contribution in [0.4, 0.5) is 0 Å². The molecule has 0 radical (unpaired) electrons. The van der Waals surface area contributed by atoms with Gasteiger partial charge in [0.25, 0.3) is 0 Å². The van der Waals surface area contributed by atoms with Crippen molar-refractivity contribution in [3.63, 3.8) is 0 Å². The number of allylic oxidation sites excluding steroid dienone is 4. The Balaban J connectivity index is 0.000000686. The Morgan fingerprint density at radius 3 is 2.65 bits per heavy atom. The Labute approximate surface area is 103 Å². The van der Waals surface area contributed by atoms with Crippen LogP contribution in [0.25, 0.3) is 0 Å². The largest absolute Gasteiger partial charge is 0.466 e. The SMILES string of the molecule is CC.CCOC(=O)CC(=O)C1=CC2CC2C=C1. The van der Waals surface area contributed by atoms with Gasteiger partial charge < -0.3 is 4.74 Å². The van der Waals surface area contributed by atoms with Crippen molar-refractivity contribution in [2.45, 2.75) is 33.6 Å². The quantitative estimate of drug-likeness (QED) is 0.556. The highest BCUT2D eigenvalue weighted by Gasteiger charge is 2.36. The molecule has 2 aliphatic carbocycles. The minimum Gasteiger partial charge on any atom is -0.466 e. The second-order valence-corrected chi connectivity index (χ2v) is 3.95. The first-order valence-electron chi connectivity index (χ1n) is 6.29. The maximum absolute atomic E-state index is 11.6. The third-order valence-corrected chi connectivity index (χ3v) is 2.74. The molecule has 0 spiro atoms. The first-order valence-corrected chi connectivity index (χ1v) is 6.29. The zero-order chi connectivity index (χ0) is 12.8. The van der Waals surface area contributed by atoms with E-state index in [1.54, 1.807) is 6.92 Å². The molecular formula is C14H20O3. The Morgan fingerprint density at radius 1 is 1.35 bits per heavy atom. The highest BCUT2D eigenvalue weighted by atomic mass is 16.5. The summed E-state index contributed by atoms with van der Waals surface area (Å²) in [6.07, 6.45) is 6.87. The predicted octanol–water partition coefficient (Wildman–Crippen LogP) is 2.67. The molecule has 3 nitrogen and oxygen atoms in total. The van der Waals surface area contributed by atoms with Gasteiger partial charge in [-0.25, -0.2) is 0 Å². The van der Waals surface area contributed by atoms with Crippen molar-refractivity contribution in [1.82, 2.24) is 0 Å². The van der Waals surface area contributed by atoms with E-state index in [-0.39, 0.29) is 12.2 Å². The van der Waals surface area contributed by atoms with Crippen molar-refractivity contribution in [2.24, 2.45) is 11.8 Å². The highest BCUT2D eigenvalue weighted by Crippen LogP contribution is 2.44. The van der Waals surface area contributed by atoms with Gasteiger partial charge in [-0.15, -0.1) is 0 Å². The number of carbonyl (C=O) groups excluding carboxylic acids is 2. The number of esters is 1. The molecule has 0 amide bonds. The van der Waals surface area contributed by atoms with Gasteiger partial charge in [0, 0.05) is 5.57 Å². The van der Waals surface area contributed by atoms with E-state index in [9.17, 15) is 9.59 Å². The smallest absolute Gasteiger partial charge is 0.313 e. The van der Waals surface area contributed by atoms with Crippen LogP contribution in [0.15, 0.2) is 23.8 Å². The molecule has 2 aliphatic rings. The molecular weight excluding hydrogens is 216 g/mol. The van der Waals surface area contributed by atoms with Gasteiger partial charge in [-0.3, -0.25) is 9.59 Å². The summed E-state index contributed by atoms with van der Waals surface area (Å²) in [4.78, 5) is 22.7. The fourth-order valence-corrected chi connectivity index (χ4v) is 1.79. The van der Waals surface area contributed by atoms with Gasteiger partial charge in [0.15, 0.2) is 5.78 Å². The van der Waals surface area contributed by atoms with E-state index >= 15 is 0 Å². The van der Waals surface area contributed by atoms with Gasteiger partial charge >= 0.3 is 5.97 Å². The molecule has 2 unspecified atom stereocenters. The Kier molecular flexibility index (Phi) is 5.13. The number of carbonyl (C=O) groups is 2. The summed E-state index contributed by atoms with van der Waals surface area (Å²) in [5.74, 6) is 0.616. The second-order valence-electron chi connectivity index (χ2n) is 3.95. The van der Waals surface area contributed by atoms with Crippen molar-refractivity contribution < 1.29 is 14.3 Å². The van der Waals surface area contributed by atoms with Crippen molar-refractivity contribution in [1.29, 1.82) is 0 Å². The number of ketones is 1. The minimum atomic E-state index is -0.435. The van der Waals surface area contributed by atoms with Gasteiger partial charge in [-0.1, -0.05) is 32.1 Å². The van der Waals surface area contributed by atoms with Crippen LogP contribution in [0.3, 0.4) is 0 Å². The number of ether oxygens (including phenoxy) is 1. The Bertz CT molecular complexity index is 352. The first kappa shape index (κ1) is 13.7. The molecule has 2 atom stereocenters. The summed E-state index contributed by atoms with van der Waals surface area (Å²) in [6.45, 7) is 6.06. The predicted molar refractivity (Wildman–Crippen MR) is 66.4 cm³/mol. The van der Waals surface area contributed by atoms with Crippen LogP contribution in [0, 0.1) is 11.8 Å². The molecule has 0 aliphatic heterocycles. The van der Waals surface area contributed by atoms with Gasteiger partial charge in [0.05, 0.1) is 6.61 Å². The molecule has 1 saturated carbocycles. The van der Waals surface area contributed by atoms with Crippen LogP contribution >= 0.6 is 0 Å². The summed E-state index contributed by atoms with van der Waals surface area (Å²) in [5, 5.41) is 0. The molecule has 0 heterocycles. The average Bonchev–Trinajstić information content (AvgIpc) is 3.09. The van der Waals surface area contributed by atoms with Crippen molar-refractivity contribution >= 4 is 11.8 Å². The zero-order valence-electron chi connectivity index (χ0n) is 10.7. The lowest BCUT2D eigenvalue weighted by Crippen LogP contribution is -2.13. The molecule has 0 aromatic rings. The average molecular weight is 236 g/mol. The Morgan fingerprint density at radius 2 is 2.06 bits per heavy atom. The highest BCUT2D eigenvalue weighted by molar-refractivity contribution is 6.07. The maximum atomic E-state index is 11.6. The fraction of sp³-hybridized carbons (Fsp3) is 0.571. The summed E-state index contributed by atoms with van der Waals surface area (Å²) >= 11 is 0. The van der Waals surface area contributed by atoms with Gasteiger partial charge in [0.1, 0.15) is 6.42 Å². The zero-order valence-corrected chi connectivity index (χ0v) is 10.7. The first-order chi connectivity index (χ1) is 8.20. The maximum Gasteiger partial charge on any atom is 0.313 e. The van der Waals surface area contributed by atoms with Crippen LogP contribution in [0.5, 0.6) is 0 Å². The van der Waals surface area contributed by atoms with E-state index in [4.69, 9.17) is 4.74 Å². The molecule has 17 heavy (non-hydrogen) atoms. The number of hydrogen-bond donors (Lipinski definition) is 0. The third-order valence-electron chi connectivity index (χ3n) is 2.74. The summed E-state index contributed by atoms with van der Waals surface area (Å²) in [7, 11) is 0. The standard InChI is InChI=1S/C12H14O3.C2H6/c1-2-15-12(14)7-11(13)9-4-3-8-5-10(8)6-9;1-2/h3-4,6,8,10H,2,5,7H2,1H3;1-2H3. The van der Waals surface area contributed by atoms with E-state index in [1.165, 1.54) is 0 Å². The normalized spacial score (nSPS) is 23.8. The molecule has 0 N–H and O–H groups in total. The lowest BCUT2D eigenvalue weighted by atomic mass is 10.0. The van der Waals surface area contributed by atoms with E-state index in [0.717, 1.165) is 6.42 Å². The number of Topliss-reactive ketones (excluding diaryl/α,β-unsaturated/α-hetero) is 1. The number of fused-ring (bicyclic) bond motifs is 1. The summed E-state index contributed by atoms with van der Waals surface area (Å²) < 4.78 is 4.73. The van der Waals surface area contributed by atoms with E-state index < -0.39 is 5.97 Å². The van der Waals surface area contributed by atoms with Gasteiger partial charge in [-0.05, 0) is 25.2 Å². The van der Waals surface area contributed by atoms with E-state index in [2.05, 4.69) is 6.08 Å². The molecule has 0 saturated heterocycles. The summed E-state index contributed by atoms with van der Waals surface area (Å²) in [5.41, 5.74) is 0.668. The van der Waals surface area contributed by atoms with Crippen molar-refractivity contribution in [3.8, 4) is 0 Å². The lowest BCUT2D eigenvalue weighted by Gasteiger charge is -2.05. The minimum absolute atomic E-state index is 0.130. The van der Waals surface area contributed by atoms with Crippen LogP contribution < -0.4 is 0 Å². The van der Waals surface area contributed by atoms with Crippen LogP contribution in [-0.4, -0.2) is 18.4 Å². The Hall–Kier alpha value is -1.38. The van der Waals surface area contributed by atoms with Crippen LogP contribution in [-0.2, 0) is 14.3 Å². The van der Waals surface area contributed by atoms with Gasteiger partial charge in [-0.2, -0.15) is 0 Å². The van der Waals surface area contributed by atoms with Crippen molar-refractivity contribution in [3.05, 3.63) is 23.8 Å². The van der Waals surface area contributed by atoms with Crippen LogP contribution in [0.1, 0.15) is 33.6 Å². The molecule has 2 rings (SSSR count). The third kappa shape index (κ3) is 3.84. The molecule has 0 aromatic carbocycles. The molecule has 0 bridgehead atoms.